The maximum atomic E-state index is 15.6. The molecule has 11 heteroatoms. The molecule has 5 aromatic rings. The van der Waals surface area contributed by atoms with Crippen molar-refractivity contribution in [1.82, 2.24) is 34.8 Å². The first kappa shape index (κ1) is 25.7. The lowest BCUT2D eigenvalue weighted by Gasteiger charge is -2.70. The van der Waals surface area contributed by atoms with E-state index >= 15 is 4.39 Å². The van der Waals surface area contributed by atoms with E-state index in [9.17, 15) is 4.79 Å². The molecule has 0 bridgehead atoms. The molecule has 10 nitrogen and oxygen atoms in total. The Kier molecular flexibility index (Phi) is 5.51. The Labute approximate surface area is 245 Å². The normalized spacial score (nSPS) is 22.3. The van der Waals surface area contributed by atoms with Gasteiger partial charge in [-0.3, -0.25) is 9.69 Å². The summed E-state index contributed by atoms with van der Waals surface area (Å²) < 4.78 is 23.3. The topological polar surface area (TPSA) is 111 Å². The van der Waals surface area contributed by atoms with Crippen molar-refractivity contribution in [3.8, 4) is 11.5 Å². The fraction of sp³-hybridized carbons (Fsp3) is 0.250. The second-order valence-corrected chi connectivity index (χ2v) is 11.5. The molecule has 43 heavy (non-hydrogen) atoms. The molecule has 2 saturated heterocycles. The van der Waals surface area contributed by atoms with Gasteiger partial charge in [-0.1, -0.05) is 17.9 Å². The highest BCUT2D eigenvalue weighted by Gasteiger charge is 2.66. The molecule has 0 radical (unpaired) electrons. The number of piperidine rings is 1. The number of benzene rings is 2. The van der Waals surface area contributed by atoms with Crippen molar-refractivity contribution in [2.24, 2.45) is 7.05 Å². The second kappa shape index (κ2) is 9.23. The first-order valence-electron chi connectivity index (χ1n) is 14.2. The molecule has 0 saturated carbocycles. The van der Waals surface area contributed by atoms with Crippen LogP contribution in [0.4, 0.5) is 15.9 Å². The number of nitrogens with zero attached hydrogens (tertiary/aromatic N) is 7. The van der Waals surface area contributed by atoms with Crippen molar-refractivity contribution in [2.45, 2.75) is 43.8 Å². The third kappa shape index (κ3) is 3.81. The summed E-state index contributed by atoms with van der Waals surface area (Å²) in [6.45, 7) is 5.36. The van der Waals surface area contributed by atoms with Crippen LogP contribution in [0, 0.1) is 12.7 Å². The Morgan fingerprint density at radius 1 is 1.16 bits per heavy atom. The van der Waals surface area contributed by atoms with Gasteiger partial charge in [0, 0.05) is 30.8 Å². The molecular weight excluding hydrogens is 547 g/mol. The summed E-state index contributed by atoms with van der Waals surface area (Å²) in [5.41, 5.74) is 5.01. The molecular formula is C32H27FN8O2. The zero-order chi connectivity index (χ0) is 29.5. The number of hydrogen-bond acceptors (Lipinski definition) is 9. The van der Waals surface area contributed by atoms with Gasteiger partial charge in [-0.15, -0.1) is 5.10 Å². The monoisotopic (exact) mass is 574 g/mol. The number of hydrogen-bond donors (Lipinski definition) is 1. The van der Waals surface area contributed by atoms with Crippen LogP contribution in [0.5, 0.6) is 11.5 Å². The number of carbonyl (C=O) groups is 1. The van der Waals surface area contributed by atoms with Gasteiger partial charge in [-0.2, -0.15) is 0 Å². The van der Waals surface area contributed by atoms with Crippen LogP contribution in [0.2, 0.25) is 0 Å². The lowest BCUT2D eigenvalue weighted by atomic mass is 9.59. The van der Waals surface area contributed by atoms with Crippen LogP contribution in [0.15, 0.2) is 67.5 Å². The van der Waals surface area contributed by atoms with Gasteiger partial charge in [0.2, 0.25) is 0 Å². The van der Waals surface area contributed by atoms with E-state index in [2.05, 4.69) is 43.2 Å². The number of anilines is 2. The summed E-state index contributed by atoms with van der Waals surface area (Å²) in [6, 6.07) is 13.2. The van der Waals surface area contributed by atoms with Gasteiger partial charge in [0.1, 0.15) is 28.9 Å². The molecule has 0 aliphatic carbocycles. The minimum absolute atomic E-state index is 0.124. The van der Waals surface area contributed by atoms with Gasteiger partial charge in [0.15, 0.2) is 17.4 Å². The molecule has 2 aromatic carbocycles. The number of fused-ring (bicyclic) bond motifs is 2. The van der Waals surface area contributed by atoms with Crippen LogP contribution in [0.25, 0.3) is 27.6 Å². The predicted molar refractivity (Wildman–Crippen MR) is 160 cm³/mol. The number of ketones is 1. The van der Waals surface area contributed by atoms with E-state index in [-0.39, 0.29) is 23.1 Å². The SMILES string of the molecule is C=CC(=O)C12CC3C=C(c4ccc5ncnc(Nc6ccc(Oc7ccc8c(c7)nnn8C)c(C)c6F)c5n4)CC(C1)N32. The summed E-state index contributed by atoms with van der Waals surface area (Å²) in [7, 11) is 1.82. The van der Waals surface area contributed by atoms with Crippen LogP contribution < -0.4 is 10.1 Å². The summed E-state index contributed by atoms with van der Waals surface area (Å²) in [4.78, 5) is 28.5. The maximum Gasteiger partial charge on any atom is 0.175 e. The molecule has 0 spiro atoms. The standard InChI is InChI=1S/C32H27FN8O2/c1-4-28(42)32-14-19-11-18(12-20(15-32)41(19)32)22-6-7-24-30(36-22)31(35-16-34-24)37-23-8-10-27(17(2)29(23)33)43-21-5-9-26-25(13-21)38-39-40(26)3/h4-11,13,16,19-20H,1,12,14-15H2,2-3H3,(H,34,35,37). The number of nitrogens with one attached hydrogen (secondary N) is 1. The molecule has 3 aliphatic rings. The van der Waals surface area contributed by atoms with Gasteiger partial charge in [0.25, 0.3) is 0 Å². The van der Waals surface area contributed by atoms with Gasteiger partial charge < -0.3 is 10.1 Å². The fourth-order valence-corrected chi connectivity index (χ4v) is 6.94. The van der Waals surface area contributed by atoms with Gasteiger partial charge in [-0.05, 0) is 74.2 Å². The number of ether oxygens (including phenoxy) is 1. The van der Waals surface area contributed by atoms with E-state index in [4.69, 9.17) is 9.72 Å². The zero-order valence-electron chi connectivity index (χ0n) is 23.6. The van der Waals surface area contributed by atoms with E-state index in [0.717, 1.165) is 36.0 Å². The Morgan fingerprint density at radius 3 is 2.88 bits per heavy atom. The highest BCUT2D eigenvalue weighted by molar-refractivity contribution is 6.00. The lowest BCUT2D eigenvalue weighted by Crippen LogP contribution is -2.81. The summed E-state index contributed by atoms with van der Waals surface area (Å²) >= 11 is 0. The number of carbonyl (C=O) groups excluding carboxylic acids is 1. The van der Waals surface area contributed by atoms with E-state index in [0.29, 0.717) is 45.5 Å². The number of aromatic nitrogens is 6. The zero-order valence-corrected chi connectivity index (χ0v) is 23.6. The highest BCUT2D eigenvalue weighted by atomic mass is 19.1. The van der Waals surface area contributed by atoms with Crippen molar-refractivity contribution in [1.29, 1.82) is 0 Å². The second-order valence-electron chi connectivity index (χ2n) is 11.5. The molecule has 1 N–H and O–H groups in total. The minimum atomic E-state index is -0.455. The third-order valence-corrected chi connectivity index (χ3v) is 9.07. The molecule has 2 fully saturated rings. The van der Waals surface area contributed by atoms with Crippen molar-refractivity contribution in [3.63, 3.8) is 0 Å². The molecule has 3 atom stereocenters. The maximum absolute atomic E-state index is 15.6. The molecule has 3 aromatic heterocycles. The molecule has 8 rings (SSSR count). The number of rotatable bonds is 7. The quantitative estimate of drug-likeness (QED) is 0.255. The summed E-state index contributed by atoms with van der Waals surface area (Å²) in [5.74, 6) is 1.01. The summed E-state index contributed by atoms with van der Waals surface area (Å²) in [6.07, 6.45) is 7.59. The number of pyridine rings is 1. The smallest absolute Gasteiger partial charge is 0.175 e. The van der Waals surface area contributed by atoms with Crippen molar-refractivity contribution in [3.05, 3.63) is 84.6 Å². The highest BCUT2D eigenvalue weighted by Crippen LogP contribution is 2.57. The van der Waals surface area contributed by atoms with E-state index in [1.54, 1.807) is 35.9 Å². The minimum Gasteiger partial charge on any atom is -0.457 e. The van der Waals surface area contributed by atoms with Crippen LogP contribution in [-0.2, 0) is 11.8 Å². The van der Waals surface area contributed by atoms with Crippen molar-refractivity contribution < 1.29 is 13.9 Å². The third-order valence-electron chi connectivity index (χ3n) is 9.07. The Balaban J connectivity index is 1.06. The van der Waals surface area contributed by atoms with Crippen molar-refractivity contribution >= 4 is 44.9 Å². The van der Waals surface area contributed by atoms with Gasteiger partial charge >= 0.3 is 0 Å². The number of aryl methyl sites for hydroxylation is 1. The first-order chi connectivity index (χ1) is 20.8. The predicted octanol–water partition coefficient (Wildman–Crippen LogP) is 5.42. The Hall–Kier alpha value is -5.03. The van der Waals surface area contributed by atoms with Gasteiger partial charge in [-0.25, -0.2) is 24.0 Å². The van der Waals surface area contributed by atoms with E-state index < -0.39 is 5.82 Å². The van der Waals surface area contributed by atoms with E-state index in [1.165, 1.54) is 12.4 Å². The first-order valence-corrected chi connectivity index (χ1v) is 14.2. The molecule has 6 heterocycles. The lowest BCUT2D eigenvalue weighted by molar-refractivity contribution is -0.189. The summed E-state index contributed by atoms with van der Waals surface area (Å²) in [5, 5.41) is 11.3. The Bertz CT molecular complexity index is 2040. The Morgan fingerprint density at radius 2 is 2.05 bits per heavy atom. The largest absolute Gasteiger partial charge is 0.457 e. The number of halogens is 1. The molecule has 214 valence electrons. The van der Waals surface area contributed by atoms with E-state index in [1.807, 2.05) is 25.2 Å². The van der Waals surface area contributed by atoms with Crippen LogP contribution in [0.3, 0.4) is 0 Å². The molecule has 3 aliphatic heterocycles. The average molecular weight is 575 g/mol. The molecule has 0 amide bonds. The van der Waals surface area contributed by atoms with Crippen LogP contribution in [0.1, 0.15) is 30.5 Å². The van der Waals surface area contributed by atoms with Crippen LogP contribution >= 0.6 is 0 Å². The average Bonchev–Trinajstić information content (AvgIpc) is 3.36. The van der Waals surface area contributed by atoms with Crippen molar-refractivity contribution in [2.75, 3.05) is 5.32 Å². The van der Waals surface area contributed by atoms with Crippen LogP contribution in [-0.4, -0.2) is 58.3 Å². The fourth-order valence-electron chi connectivity index (χ4n) is 6.94. The molecule has 3 unspecified atom stereocenters. The van der Waals surface area contributed by atoms with Gasteiger partial charge in [0.05, 0.1) is 28.0 Å².